The number of carbonyl (C=O) groups excluding carboxylic acids is 1. The second-order valence-electron chi connectivity index (χ2n) is 5.10. The average molecular weight is 307 g/mol. The highest BCUT2D eigenvalue weighted by molar-refractivity contribution is 5.98. The number of nitrogens with zero attached hydrogens (tertiary/aromatic N) is 1. The Morgan fingerprint density at radius 3 is 2.48 bits per heavy atom. The summed E-state index contributed by atoms with van der Waals surface area (Å²) in [7, 11) is 0. The molecule has 3 rings (SSSR count). The highest BCUT2D eigenvalue weighted by Gasteiger charge is 2.21. The van der Waals surface area contributed by atoms with Gasteiger partial charge in [0.15, 0.2) is 0 Å². The summed E-state index contributed by atoms with van der Waals surface area (Å²) in [6.45, 7) is 3.71. The van der Waals surface area contributed by atoms with Crippen LogP contribution in [0.4, 0.5) is 5.69 Å². The van der Waals surface area contributed by atoms with Crippen molar-refractivity contribution in [3.8, 4) is 11.1 Å². The van der Waals surface area contributed by atoms with Gasteiger partial charge in [0.25, 0.3) is 5.69 Å². The molecule has 0 unspecified atom stereocenters. The van der Waals surface area contributed by atoms with E-state index in [2.05, 4.69) is 6.58 Å². The van der Waals surface area contributed by atoms with E-state index in [-0.39, 0.29) is 11.3 Å². The number of non-ortho nitro benzene ring substituents is 1. The largest absolute Gasteiger partial charge is 0.423 e. The standard InChI is InChI=1S/C18H13NO4/c1-12(13-7-8-13)23-18(20)16-10-9-15(19(21)22)11-17(16)14-5-3-2-4-6-14/h2-7,9-11H,1,8H2. The van der Waals surface area contributed by atoms with Gasteiger partial charge < -0.3 is 4.74 Å². The molecule has 0 heterocycles. The fourth-order valence-corrected chi connectivity index (χ4v) is 2.19. The van der Waals surface area contributed by atoms with Crippen molar-refractivity contribution in [2.24, 2.45) is 0 Å². The summed E-state index contributed by atoms with van der Waals surface area (Å²) in [4.78, 5) is 22.9. The minimum absolute atomic E-state index is 0.0795. The topological polar surface area (TPSA) is 69.4 Å². The van der Waals surface area contributed by atoms with Crippen LogP contribution in [-0.4, -0.2) is 10.9 Å². The zero-order chi connectivity index (χ0) is 16.4. The zero-order valence-electron chi connectivity index (χ0n) is 12.2. The van der Waals surface area contributed by atoms with Gasteiger partial charge >= 0.3 is 5.97 Å². The highest BCUT2D eigenvalue weighted by Crippen LogP contribution is 2.31. The molecule has 0 fully saturated rings. The van der Waals surface area contributed by atoms with Crippen LogP contribution in [0, 0.1) is 10.1 Å². The lowest BCUT2D eigenvalue weighted by molar-refractivity contribution is -0.384. The third-order valence-corrected chi connectivity index (χ3v) is 3.50. The zero-order valence-corrected chi connectivity index (χ0v) is 12.2. The molecule has 0 saturated heterocycles. The Labute approximate surface area is 132 Å². The first-order chi connectivity index (χ1) is 11.1. The number of rotatable bonds is 5. The first kappa shape index (κ1) is 14.7. The monoisotopic (exact) mass is 307 g/mol. The number of nitro benzene ring substituents is 1. The van der Waals surface area contributed by atoms with Gasteiger partial charge in [-0.15, -0.1) is 0 Å². The van der Waals surface area contributed by atoms with Crippen LogP contribution in [0.15, 0.2) is 72.5 Å². The van der Waals surface area contributed by atoms with Gasteiger partial charge in [0.2, 0.25) is 0 Å². The molecule has 0 spiro atoms. The van der Waals surface area contributed by atoms with Crippen molar-refractivity contribution in [3.63, 3.8) is 0 Å². The molecule has 0 N–H and O–H groups in total. The quantitative estimate of drug-likeness (QED) is 0.358. The summed E-state index contributed by atoms with van der Waals surface area (Å²) in [5.41, 5.74) is 2.26. The molecule has 1 aliphatic carbocycles. The van der Waals surface area contributed by atoms with E-state index in [0.717, 1.165) is 12.0 Å². The van der Waals surface area contributed by atoms with E-state index in [4.69, 9.17) is 4.74 Å². The van der Waals surface area contributed by atoms with E-state index in [9.17, 15) is 14.9 Å². The molecule has 2 aromatic carbocycles. The van der Waals surface area contributed by atoms with Crippen LogP contribution >= 0.6 is 0 Å². The maximum atomic E-state index is 12.4. The Bertz CT molecular complexity index is 837. The van der Waals surface area contributed by atoms with Gasteiger partial charge in [-0.1, -0.05) is 43.0 Å². The third-order valence-electron chi connectivity index (χ3n) is 3.50. The van der Waals surface area contributed by atoms with Gasteiger partial charge in [-0.3, -0.25) is 10.1 Å². The van der Waals surface area contributed by atoms with Crippen LogP contribution in [0.2, 0.25) is 0 Å². The van der Waals surface area contributed by atoms with Crippen molar-refractivity contribution in [1.82, 2.24) is 0 Å². The molecule has 0 saturated carbocycles. The van der Waals surface area contributed by atoms with Gasteiger partial charge in [0, 0.05) is 17.7 Å². The van der Waals surface area contributed by atoms with Gasteiger partial charge in [-0.2, -0.15) is 0 Å². The van der Waals surface area contributed by atoms with Crippen molar-refractivity contribution < 1.29 is 14.5 Å². The maximum Gasteiger partial charge on any atom is 0.344 e. The van der Waals surface area contributed by atoms with E-state index < -0.39 is 10.9 Å². The van der Waals surface area contributed by atoms with Crippen LogP contribution in [0.3, 0.4) is 0 Å². The summed E-state index contributed by atoms with van der Waals surface area (Å²) in [6.07, 6.45) is 2.68. The van der Waals surface area contributed by atoms with Crippen LogP contribution in [0.1, 0.15) is 16.8 Å². The molecule has 1 aliphatic rings. The van der Waals surface area contributed by atoms with Crippen LogP contribution in [0.25, 0.3) is 11.1 Å². The summed E-state index contributed by atoms with van der Waals surface area (Å²) in [6, 6.07) is 13.1. The molecule has 0 bridgehead atoms. The molecule has 0 aliphatic heterocycles. The fourth-order valence-electron chi connectivity index (χ4n) is 2.19. The molecule has 0 radical (unpaired) electrons. The Balaban J connectivity index is 2.01. The Morgan fingerprint density at radius 2 is 1.87 bits per heavy atom. The van der Waals surface area contributed by atoms with E-state index in [0.29, 0.717) is 16.9 Å². The number of allylic oxidation sites excluding steroid dienone is 2. The summed E-state index contributed by atoms with van der Waals surface area (Å²) >= 11 is 0. The predicted molar refractivity (Wildman–Crippen MR) is 85.8 cm³/mol. The first-order valence-corrected chi connectivity index (χ1v) is 7.00. The molecule has 5 heteroatoms. The number of carbonyl (C=O) groups is 1. The average Bonchev–Trinajstić information content (AvgIpc) is 3.40. The molecule has 23 heavy (non-hydrogen) atoms. The predicted octanol–water partition coefficient (Wildman–Crippen LogP) is 4.26. The van der Waals surface area contributed by atoms with Crippen molar-refractivity contribution >= 4 is 11.7 Å². The highest BCUT2D eigenvalue weighted by atomic mass is 16.6. The summed E-state index contributed by atoms with van der Waals surface area (Å²) < 4.78 is 5.25. The van der Waals surface area contributed by atoms with Crippen LogP contribution in [-0.2, 0) is 4.74 Å². The van der Waals surface area contributed by atoms with Crippen LogP contribution in [0.5, 0.6) is 0 Å². The second kappa shape index (κ2) is 5.88. The number of nitro groups is 1. The van der Waals surface area contributed by atoms with Crippen molar-refractivity contribution in [2.45, 2.75) is 6.42 Å². The number of hydrogen-bond donors (Lipinski definition) is 0. The lowest BCUT2D eigenvalue weighted by atomic mass is 9.99. The SMILES string of the molecule is C=C(OC(=O)c1ccc([N+](=O)[O-])cc1-c1ccccc1)C1=CC1. The van der Waals surface area contributed by atoms with Gasteiger partial charge in [0.05, 0.1) is 10.5 Å². The molecular formula is C18H13NO4. The Hall–Kier alpha value is -3.21. The minimum Gasteiger partial charge on any atom is -0.423 e. The van der Waals surface area contributed by atoms with Gasteiger partial charge in [-0.05, 0) is 23.6 Å². The summed E-state index contributed by atoms with van der Waals surface area (Å²) in [5.74, 6) is -0.246. The lowest BCUT2D eigenvalue weighted by Crippen LogP contribution is -2.06. The normalized spacial score (nSPS) is 12.3. The molecule has 0 aromatic heterocycles. The molecule has 0 amide bonds. The van der Waals surface area contributed by atoms with E-state index in [1.54, 1.807) is 24.3 Å². The van der Waals surface area contributed by atoms with E-state index in [1.165, 1.54) is 18.2 Å². The van der Waals surface area contributed by atoms with E-state index >= 15 is 0 Å². The van der Waals surface area contributed by atoms with Crippen LogP contribution < -0.4 is 0 Å². The lowest BCUT2D eigenvalue weighted by Gasteiger charge is -2.10. The Kier molecular flexibility index (Phi) is 3.76. The van der Waals surface area contributed by atoms with Gasteiger partial charge in [0.1, 0.15) is 5.76 Å². The second-order valence-corrected chi connectivity index (χ2v) is 5.10. The Morgan fingerprint density at radius 1 is 1.17 bits per heavy atom. The van der Waals surface area contributed by atoms with Crippen molar-refractivity contribution in [3.05, 3.63) is 88.2 Å². The molecule has 0 atom stereocenters. The summed E-state index contributed by atoms with van der Waals surface area (Å²) in [5, 5.41) is 11.0. The van der Waals surface area contributed by atoms with Gasteiger partial charge in [-0.25, -0.2) is 4.79 Å². The third kappa shape index (κ3) is 3.18. The number of benzene rings is 2. The smallest absolute Gasteiger partial charge is 0.344 e. The van der Waals surface area contributed by atoms with Crippen molar-refractivity contribution in [1.29, 1.82) is 0 Å². The molecule has 2 aromatic rings. The number of ether oxygens (including phenoxy) is 1. The first-order valence-electron chi connectivity index (χ1n) is 7.00. The molecule has 5 nitrogen and oxygen atoms in total. The molecular weight excluding hydrogens is 294 g/mol. The number of esters is 1. The van der Waals surface area contributed by atoms with Crippen molar-refractivity contribution in [2.75, 3.05) is 0 Å². The van der Waals surface area contributed by atoms with E-state index in [1.807, 2.05) is 12.1 Å². The number of hydrogen-bond acceptors (Lipinski definition) is 4. The maximum absolute atomic E-state index is 12.4. The molecule has 114 valence electrons. The minimum atomic E-state index is -0.573. The fraction of sp³-hybridized carbons (Fsp3) is 0.0556.